The van der Waals surface area contributed by atoms with Crippen molar-refractivity contribution >= 4 is 23.5 Å². The van der Waals surface area contributed by atoms with Gasteiger partial charge in [0.2, 0.25) is 0 Å². The highest BCUT2D eigenvalue weighted by Gasteiger charge is 2.36. The Balaban J connectivity index is 1.66. The Kier molecular flexibility index (Phi) is 5.91. The van der Waals surface area contributed by atoms with Gasteiger partial charge in [-0.25, -0.2) is 4.79 Å². The second-order valence-corrected chi connectivity index (χ2v) is 6.90. The highest BCUT2D eigenvalue weighted by atomic mass is 35.5. The van der Waals surface area contributed by atoms with E-state index in [1.165, 1.54) is 12.7 Å². The van der Waals surface area contributed by atoms with Gasteiger partial charge in [0.1, 0.15) is 6.54 Å². The number of esters is 1. The number of hydrogen-bond donors (Lipinski definition) is 2. The molecule has 0 fully saturated rings. The summed E-state index contributed by atoms with van der Waals surface area (Å²) >= 11 is 5.97. The fraction of sp³-hybridized carbons (Fsp3) is 0.300. The number of carbonyl (C=O) groups excluding carboxylic acids is 2. The molecule has 0 saturated heterocycles. The third-order valence-corrected chi connectivity index (χ3v) is 4.94. The molecule has 1 aliphatic rings. The first-order chi connectivity index (χ1) is 12.6. The molecule has 5 nitrogen and oxygen atoms in total. The van der Waals surface area contributed by atoms with E-state index in [9.17, 15) is 9.59 Å². The topological polar surface area (TPSA) is 59.8 Å². The number of nitrogens with one attached hydrogen (secondary N) is 2. The smallest absolute Gasteiger partial charge is 0.365 e. The third-order valence-electron chi connectivity index (χ3n) is 4.70. The van der Waals surface area contributed by atoms with Crippen LogP contribution in [0.5, 0.6) is 0 Å². The lowest BCUT2D eigenvalue weighted by Gasteiger charge is -2.31. The van der Waals surface area contributed by atoms with Crippen LogP contribution in [0.2, 0.25) is 5.02 Å². The van der Waals surface area contributed by atoms with Crippen molar-refractivity contribution in [2.24, 2.45) is 0 Å². The molecule has 0 bridgehead atoms. The van der Waals surface area contributed by atoms with E-state index in [2.05, 4.69) is 5.32 Å². The van der Waals surface area contributed by atoms with Gasteiger partial charge in [0.05, 0.1) is 7.11 Å². The minimum Gasteiger partial charge on any atom is -0.465 e. The Morgan fingerprint density at radius 2 is 1.96 bits per heavy atom. The first kappa shape index (κ1) is 18.4. The molecule has 1 heterocycles. The normalized spacial score (nSPS) is 18.7. The van der Waals surface area contributed by atoms with Crippen LogP contribution in [0.4, 0.5) is 0 Å². The minimum atomic E-state index is -0.369. The summed E-state index contributed by atoms with van der Waals surface area (Å²) in [5, 5.41) is 3.54. The highest BCUT2D eigenvalue weighted by Crippen LogP contribution is 2.14. The molecule has 0 saturated carbocycles. The van der Waals surface area contributed by atoms with Crippen LogP contribution in [-0.2, 0) is 33.8 Å². The average Bonchev–Trinajstić information content (AvgIpc) is 2.65. The highest BCUT2D eigenvalue weighted by molar-refractivity contribution is 6.30. The van der Waals surface area contributed by atoms with Crippen molar-refractivity contribution in [3.8, 4) is 0 Å². The minimum absolute atomic E-state index is 0.103. The summed E-state index contributed by atoms with van der Waals surface area (Å²) in [7, 11) is 1.39. The van der Waals surface area contributed by atoms with Crippen LogP contribution in [0, 0.1) is 0 Å². The quantitative estimate of drug-likeness (QED) is 0.773. The molecule has 2 atom stereocenters. The largest absolute Gasteiger partial charge is 0.465 e. The van der Waals surface area contributed by atoms with Crippen LogP contribution in [0.3, 0.4) is 0 Å². The van der Waals surface area contributed by atoms with Crippen molar-refractivity contribution in [3.05, 3.63) is 70.2 Å². The molecule has 1 aliphatic heterocycles. The molecular weight excluding hydrogens is 352 g/mol. The SMILES string of the molecule is COC(=O)[C@@H]1Cc2ccccc2C[NH+]1CC(=O)NCc1cccc(Cl)c1. The number of amides is 1. The van der Waals surface area contributed by atoms with Gasteiger partial charge in [-0.3, -0.25) is 4.79 Å². The van der Waals surface area contributed by atoms with Crippen molar-refractivity contribution in [3.63, 3.8) is 0 Å². The fourth-order valence-corrected chi connectivity index (χ4v) is 3.57. The van der Waals surface area contributed by atoms with Crippen molar-refractivity contribution in [1.29, 1.82) is 0 Å². The van der Waals surface area contributed by atoms with Crippen LogP contribution >= 0.6 is 11.6 Å². The summed E-state index contributed by atoms with van der Waals surface area (Å²) in [6.45, 7) is 1.25. The van der Waals surface area contributed by atoms with E-state index >= 15 is 0 Å². The molecule has 1 amide bonds. The van der Waals surface area contributed by atoms with Gasteiger partial charge in [0.25, 0.3) is 5.91 Å². The zero-order valence-electron chi connectivity index (χ0n) is 14.6. The standard InChI is InChI=1S/C20H21ClN2O3/c1-26-20(25)18-10-15-6-2-3-7-16(15)12-23(18)13-19(24)22-11-14-5-4-8-17(21)9-14/h2-9,18H,10-13H2,1H3,(H,22,24)/p+1/t18-/m0/s1. The second-order valence-electron chi connectivity index (χ2n) is 6.47. The van der Waals surface area contributed by atoms with Gasteiger partial charge in [-0.15, -0.1) is 0 Å². The van der Waals surface area contributed by atoms with Crippen molar-refractivity contribution in [2.75, 3.05) is 13.7 Å². The number of methoxy groups -OCH3 is 1. The summed E-state index contributed by atoms with van der Waals surface area (Å²) in [5.74, 6) is -0.384. The lowest BCUT2D eigenvalue weighted by molar-refractivity contribution is -0.924. The molecule has 0 aliphatic carbocycles. The Morgan fingerprint density at radius 3 is 2.69 bits per heavy atom. The van der Waals surface area contributed by atoms with Gasteiger partial charge in [0.15, 0.2) is 12.6 Å². The zero-order valence-corrected chi connectivity index (χ0v) is 15.4. The molecule has 0 spiro atoms. The summed E-state index contributed by atoms with van der Waals surface area (Å²) in [5.41, 5.74) is 3.26. The van der Waals surface area contributed by atoms with Gasteiger partial charge >= 0.3 is 5.97 Å². The van der Waals surface area contributed by atoms with Crippen LogP contribution in [0.15, 0.2) is 48.5 Å². The van der Waals surface area contributed by atoms with E-state index in [4.69, 9.17) is 16.3 Å². The lowest BCUT2D eigenvalue weighted by atomic mass is 9.94. The van der Waals surface area contributed by atoms with E-state index in [-0.39, 0.29) is 24.5 Å². The number of ether oxygens (including phenoxy) is 1. The van der Waals surface area contributed by atoms with Gasteiger partial charge in [-0.05, 0) is 23.3 Å². The third kappa shape index (κ3) is 4.42. The second kappa shape index (κ2) is 8.34. The molecule has 1 unspecified atom stereocenters. The van der Waals surface area contributed by atoms with Gasteiger partial charge < -0.3 is 15.0 Å². The van der Waals surface area contributed by atoms with Crippen LogP contribution in [0.1, 0.15) is 16.7 Å². The maximum atomic E-state index is 12.4. The number of fused-ring (bicyclic) bond motifs is 1. The van der Waals surface area contributed by atoms with Crippen molar-refractivity contribution in [2.45, 2.75) is 25.6 Å². The predicted molar refractivity (Wildman–Crippen MR) is 98.8 cm³/mol. The van der Waals surface area contributed by atoms with Crippen LogP contribution in [0.25, 0.3) is 0 Å². The molecule has 3 rings (SSSR count). The van der Waals surface area contributed by atoms with Crippen LogP contribution in [-0.4, -0.2) is 31.6 Å². The Morgan fingerprint density at radius 1 is 1.19 bits per heavy atom. The van der Waals surface area contributed by atoms with Crippen molar-refractivity contribution < 1.29 is 19.2 Å². The molecule has 2 aromatic rings. The van der Waals surface area contributed by atoms with E-state index in [1.54, 1.807) is 6.07 Å². The number of carbonyl (C=O) groups is 2. The lowest BCUT2D eigenvalue weighted by Crippen LogP contribution is -3.17. The molecule has 6 heteroatoms. The number of halogens is 1. The molecule has 26 heavy (non-hydrogen) atoms. The van der Waals surface area contributed by atoms with E-state index in [0.29, 0.717) is 24.5 Å². The average molecular weight is 374 g/mol. The molecule has 2 aromatic carbocycles. The van der Waals surface area contributed by atoms with Gasteiger partial charge in [0, 0.05) is 23.6 Å². The number of quaternary nitrogens is 1. The zero-order chi connectivity index (χ0) is 18.5. The molecule has 0 aromatic heterocycles. The molecule has 0 radical (unpaired) electrons. The molecular formula is C20H22ClN2O3+. The summed E-state index contributed by atoms with van der Waals surface area (Å²) < 4.78 is 4.95. The Hall–Kier alpha value is -2.37. The first-order valence-electron chi connectivity index (χ1n) is 8.57. The Labute approximate surface area is 157 Å². The summed E-state index contributed by atoms with van der Waals surface area (Å²) in [6, 6.07) is 15.0. The maximum absolute atomic E-state index is 12.4. The molecule has 2 N–H and O–H groups in total. The monoisotopic (exact) mass is 373 g/mol. The number of hydrogen-bond acceptors (Lipinski definition) is 3. The predicted octanol–water partition coefficient (Wildman–Crippen LogP) is 1.14. The number of benzene rings is 2. The van der Waals surface area contributed by atoms with E-state index in [0.717, 1.165) is 16.0 Å². The molecule has 136 valence electrons. The first-order valence-corrected chi connectivity index (χ1v) is 8.95. The van der Waals surface area contributed by atoms with Gasteiger partial charge in [-0.2, -0.15) is 0 Å². The number of rotatable bonds is 5. The Bertz CT molecular complexity index is 809. The summed E-state index contributed by atoms with van der Waals surface area (Å²) in [6.07, 6.45) is 0.583. The maximum Gasteiger partial charge on any atom is 0.365 e. The van der Waals surface area contributed by atoms with E-state index < -0.39 is 0 Å². The summed E-state index contributed by atoms with van der Waals surface area (Å²) in [4.78, 5) is 25.5. The van der Waals surface area contributed by atoms with Gasteiger partial charge in [-0.1, -0.05) is 48.0 Å². The van der Waals surface area contributed by atoms with Crippen molar-refractivity contribution in [1.82, 2.24) is 5.32 Å². The fourth-order valence-electron chi connectivity index (χ4n) is 3.36. The van der Waals surface area contributed by atoms with Crippen LogP contribution < -0.4 is 10.2 Å². The van der Waals surface area contributed by atoms with E-state index in [1.807, 2.05) is 42.5 Å².